The monoisotopic (exact) mass is 331 g/mol. The predicted molar refractivity (Wildman–Crippen MR) is 88.0 cm³/mol. The Morgan fingerprint density at radius 2 is 1.92 bits per heavy atom. The molecule has 0 aliphatic carbocycles. The normalized spacial score (nSPS) is 11.6. The van der Waals surface area contributed by atoms with Gasteiger partial charge in [0.25, 0.3) is 5.91 Å². The predicted octanol–water partition coefficient (Wildman–Crippen LogP) is 2.50. The second-order valence-corrected chi connectivity index (χ2v) is 5.33. The van der Waals surface area contributed by atoms with Gasteiger partial charge in [0, 0.05) is 6.54 Å². The number of nitrogens with one attached hydrogen (secondary N) is 1. The molecular formula is C18H21NO5. The Hall–Kier alpha value is -2.76. The molecular weight excluding hydrogens is 310 g/mol. The van der Waals surface area contributed by atoms with Gasteiger partial charge in [-0.05, 0) is 44.0 Å². The molecule has 0 saturated heterocycles. The fourth-order valence-corrected chi connectivity index (χ4v) is 2.14. The third-order valence-corrected chi connectivity index (χ3v) is 3.60. The van der Waals surface area contributed by atoms with Crippen molar-refractivity contribution in [1.29, 1.82) is 0 Å². The van der Waals surface area contributed by atoms with Gasteiger partial charge in [-0.3, -0.25) is 4.79 Å². The summed E-state index contributed by atoms with van der Waals surface area (Å²) in [4.78, 5) is 23.9. The number of methoxy groups -OCH3 is 1. The molecule has 1 aromatic heterocycles. The minimum atomic E-state index is -0.873. The SMILES string of the molecule is COc1ccc(CCNC(=O)[C@@H](C)OC(=O)c2ccoc2C)cc1. The lowest BCUT2D eigenvalue weighted by Crippen LogP contribution is -2.36. The number of amides is 1. The number of furan rings is 1. The summed E-state index contributed by atoms with van der Waals surface area (Å²) in [6.07, 6.45) is 1.21. The molecule has 128 valence electrons. The molecule has 0 fully saturated rings. The Labute approximate surface area is 140 Å². The lowest BCUT2D eigenvalue weighted by Gasteiger charge is -2.13. The third kappa shape index (κ3) is 4.62. The van der Waals surface area contributed by atoms with Crippen LogP contribution in [0.4, 0.5) is 0 Å². The Morgan fingerprint density at radius 1 is 1.21 bits per heavy atom. The van der Waals surface area contributed by atoms with E-state index in [1.807, 2.05) is 24.3 Å². The van der Waals surface area contributed by atoms with Crippen LogP contribution in [0.15, 0.2) is 41.0 Å². The van der Waals surface area contributed by atoms with E-state index in [2.05, 4.69) is 5.32 Å². The van der Waals surface area contributed by atoms with Crippen LogP contribution in [-0.2, 0) is 16.0 Å². The summed E-state index contributed by atoms with van der Waals surface area (Å²) in [5, 5.41) is 2.75. The van der Waals surface area contributed by atoms with E-state index in [1.165, 1.54) is 19.3 Å². The molecule has 1 N–H and O–H groups in total. The molecule has 1 aromatic carbocycles. The maximum Gasteiger partial charge on any atom is 0.342 e. The van der Waals surface area contributed by atoms with Gasteiger partial charge in [0.1, 0.15) is 17.1 Å². The van der Waals surface area contributed by atoms with E-state index in [-0.39, 0.29) is 5.91 Å². The highest BCUT2D eigenvalue weighted by Crippen LogP contribution is 2.12. The molecule has 24 heavy (non-hydrogen) atoms. The molecule has 0 bridgehead atoms. The zero-order valence-corrected chi connectivity index (χ0v) is 14.0. The quantitative estimate of drug-likeness (QED) is 0.789. The second kappa shape index (κ2) is 8.19. The van der Waals surface area contributed by atoms with Crippen molar-refractivity contribution < 1.29 is 23.5 Å². The van der Waals surface area contributed by atoms with Crippen LogP contribution in [0, 0.1) is 6.92 Å². The van der Waals surface area contributed by atoms with E-state index in [0.29, 0.717) is 24.3 Å². The second-order valence-electron chi connectivity index (χ2n) is 5.33. The van der Waals surface area contributed by atoms with Crippen LogP contribution in [0.5, 0.6) is 5.75 Å². The number of aryl methyl sites for hydroxylation is 1. The van der Waals surface area contributed by atoms with Crippen LogP contribution >= 0.6 is 0 Å². The molecule has 0 unspecified atom stereocenters. The first-order valence-electron chi connectivity index (χ1n) is 7.67. The van der Waals surface area contributed by atoms with Crippen molar-refractivity contribution in [3.8, 4) is 5.75 Å². The fraction of sp³-hybridized carbons (Fsp3) is 0.333. The van der Waals surface area contributed by atoms with Gasteiger partial charge in [-0.25, -0.2) is 4.79 Å². The lowest BCUT2D eigenvalue weighted by atomic mass is 10.1. The Morgan fingerprint density at radius 3 is 2.50 bits per heavy atom. The van der Waals surface area contributed by atoms with Gasteiger partial charge < -0.3 is 19.2 Å². The third-order valence-electron chi connectivity index (χ3n) is 3.60. The number of rotatable bonds is 7. The number of benzene rings is 1. The van der Waals surface area contributed by atoms with Crippen molar-refractivity contribution >= 4 is 11.9 Å². The van der Waals surface area contributed by atoms with Crippen LogP contribution < -0.4 is 10.1 Å². The summed E-state index contributed by atoms with van der Waals surface area (Å²) in [5.41, 5.74) is 1.41. The topological polar surface area (TPSA) is 77.8 Å². The van der Waals surface area contributed by atoms with Crippen LogP contribution in [0.2, 0.25) is 0 Å². The highest BCUT2D eigenvalue weighted by atomic mass is 16.5. The summed E-state index contributed by atoms with van der Waals surface area (Å²) in [6, 6.07) is 9.14. The minimum Gasteiger partial charge on any atom is -0.497 e. The van der Waals surface area contributed by atoms with Crippen LogP contribution in [-0.4, -0.2) is 31.6 Å². The van der Waals surface area contributed by atoms with E-state index in [4.69, 9.17) is 13.9 Å². The molecule has 6 nitrogen and oxygen atoms in total. The van der Waals surface area contributed by atoms with Crippen LogP contribution in [0.1, 0.15) is 28.6 Å². The maximum atomic E-state index is 12.0. The highest BCUT2D eigenvalue weighted by molar-refractivity contribution is 5.92. The van der Waals surface area contributed by atoms with Crippen molar-refractivity contribution in [3.05, 3.63) is 53.5 Å². The van der Waals surface area contributed by atoms with Gasteiger partial charge in [0.2, 0.25) is 0 Å². The van der Waals surface area contributed by atoms with E-state index >= 15 is 0 Å². The standard InChI is InChI=1S/C18H21NO5/c1-12-16(9-11-23-12)18(21)24-13(2)17(20)19-10-8-14-4-6-15(22-3)7-5-14/h4-7,9,11,13H,8,10H2,1-3H3,(H,19,20)/t13-/m1/s1. The van der Waals surface area contributed by atoms with E-state index in [9.17, 15) is 9.59 Å². The van der Waals surface area contributed by atoms with Gasteiger partial charge in [-0.2, -0.15) is 0 Å². The smallest absolute Gasteiger partial charge is 0.342 e. The molecule has 0 aliphatic rings. The molecule has 1 heterocycles. The molecule has 0 aliphatic heterocycles. The van der Waals surface area contributed by atoms with Crippen molar-refractivity contribution in [2.45, 2.75) is 26.4 Å². The summed E-state index contributed by atoms with van der Waals surface area (Å²) in [6.45, 7) is 3.66. The lowest BCUT2D eigenvalue weighted by molar-refractivity contribution is -0.129. The summed E-state index contributed by atoms with van der Waals surface area (Å²) in [7, 11) is 1.61. The maximum absolute atomic E-state index is 12.0. The highest BCUT2D eigenvalue weighted by Gasteiger charge is 2.20. The average molecular weight is 331 g/mol. The zero-order chi connectivity index (χ0) is 17.5. The summed E-state index contributed by atoms with van der Waals surface area (Å²) < 4.78 is 15.3. The molecule has 2 rings (SSSR count). The molecule has 1 atom stereocenters. The molecule has 0 spiro atoms. The minimum absolute atomic E-state index is 0.327. The number of ether oxygens (including phenoxy) is 2. The van der Waals surface area contributed by atoms with Crippen molar-refractivity contribution in [2.24, 2.45) is 0 Å². The molecule has 2 aromatic rings. The first kappa shape index (κ1) is 17.6. The Bertz CT molecular complexity index is 690. The van der Waals surface area contributed by atoms with Gasteiger partial charge in [0.15, 0.2) is 6.10 Å². The van der Waals surface area contributed by atoms with Gasteiger partial charge >= 0.3 is 5.97 Å². The number of carbonyl (C=O) groups is 2. The molecule has 0 saturated carbocycles. The van der Waals surface area contributed by atoms with Crippen LogP contribution in [0.25, 0.3) is 0 Å². The van der Waals surface area contributed by atoms with Gasteiger partial charge in [-0.15, -0.1) is 0 Å². The summed E-state index contributed by atoms with van der Waals surface area (Å²) in [5.74, 6) is 0.349. The number of esters is 1. The van der Waals surface area contributed by atoms with Crippen molar-refractivity contribution in [2.75, 3.05) is 13.7 Å². The average Bonchev–Trinajstić information content (AvgIpc) is 3.01. The largest absolute Gasteiger partial charge is 0.497 e. The van der Waals surface area contributed by atoms with Crippen LogP contribution in [0.3, 0.4) is 0 Å². The number of hydrogen-bond donors (Lipinski definition) is 1. The van der Waals surface area contributed by atoms with Gasteiger partial charge in [-0.1, -0.05) is 12.1 Å². The fourth-order valence-electron chi connectivity index (χ4n) is 2.14. The summed E-state index contributed by atoms with van der Waals surface area (Å²) >= 11 is 0. The molecule has 1 amide bonds. The van der Waals surface area contributed by atoms with E-state index in [0.717, 1.165) is 11.3 Å². The number of hydrogen-bond acceptors (Lipinski definition) is 5. The van der Waals surface area contributed by atoms with Crippen molar-refractivity contribution in [1.82, 2.24) is 5.32 Å². The zero-order valence-electron chi connectivity index (χ0n) is 14.0. The van der Waals surface area contributed by atoms with E-state index in [1.54, 1.807) is 14.0 Å². The molecule has 0 radical (unpaired) electrons. The first-order chi connectivity index (χ1) is 11.5. The first-order valence-corrected chi connectivity index (χ1v) is 7.67. The van der Waals surface area contributed by atoms with Gasteiger partial charge in [0.05, 0.1) is 13.4 Å². The van der Waals surface area contributed by atoms with E-state index < -0.39 is 12.1 Å². The number of carbonyl (C=O) groups excluding carboxylic acids is 2. The van der Waals surface area contributed by atoms with Crippen molar-refractivity contribution in [3.63, 3.8) is 0 Å². The Kier molecular flexibility index (Phi) is 6.01. The molecule has 6 heteroatoms. The Balaban J connectivity index is 1.77.